The molecule has 8 aromatic rings. The van der Waals surface area contributed by atoms with Gasteiger partial charge in [0.15, 0.2) is 6.20 Å². The monoisotopic (exact) mass is 520 g/mol. The molecule has 0 fully saturated rings. The van der Waals surface area contributed by atoms with Crippen LogP contribution >= 0.6 is 11.3 Å². The van der Waals surface area contributed by atoms with E-state index in [1.54, 1.807) is 0 Å². The first-order valence-electron chi connectivity index (χ1n) is 13.3. The molecule has 0 atom stereocenters. The minimum Gasteiger partial charge on any atom is -0.294 e. The molecule has 0 amide bonds. The first-order valence-corrected chi connectivity index (χ1v) is 14.1. The van der Waals surface area contributed by atoms with Crippen LogP contribution in [0.4, 0.5) is 0 Å². The van der Waals surface area contributed by atoms with Crippen molar-refractivity contribution in [2.75, 3.05) is 0 Å². The number of nitrogens with zero attached hydrogens (tertiary/aromatic N) is 3. The number of aryl methyl sites for hydroxylation is 3. The Morgan fingerprint density at radius 2 is 1.49 bits per heavy atom. The fourth-order valence-electron chi connectivity index (χ4n) is 6.32. The third-order valence-electron chi connectivity index (χ3n) is 8.21. The lowest BCUT2D eigenvalue weighted by Gasteiger charge is -2.11. The van der Waals surface area contributed by atoms with Gasteiger partial charge >= 0.3 is 0 Å². The van der Waals surface area contributed by atoms with E-state index in [0.717, 1.165) is 11.3 Å². The van der Waals surface area contributed by atoms with Crippen molar-refractivity contribution in [3.8, 4) is 16.9 Å². The molecular weight excluding hydrogens is 494 g/mol. The maximum atomic E-state index is 4.79. The van der Waals surface area contributed by atoms with E-state index in [-0.39, 0.29) is 0 Å². The second-order valence-electron chi connectivity index (χ2n) is 10.4. The Morgan fingerprint density at radius 3 is 2.36 bits per heavy atom. The highest BCUT2D eigenvalue weighted by Gasteiger charge is 2.23. The lowest BCUT2D eigenvalue weighted by Crippen LogP contribution is -2.30. The number of para-hydroxylation sites is 1. The Hall–Kier alpha value is -4.54. The van der Waals surface area contributed by atoms with E-state index in [1.165, 1.54) is 69.6 Å². The summed E-state index contributed by atoms with van der Waals surface area (Å²) < 4.78 is 7.19. The van der Waals surface area contributed by atoms with Crippen LogP contribution in [0.25, 0.3) is 69.8 Å². The van der Waals surface area contributed by atoms with Crippen LogP contribution in [0.3, 0.4) is 0 Å². The van der Waals surface area contributed by atoms with Gasteiger partial charge < -0.3 is 0 Å². The summed E-state index contributed by atoms with van der Waals surface area (Å²) in [5, 5.41) is 7.67. The molecule has 4 heterocycles. The van der Waals surface area contributed by atoms with Crippen molar-refractivity contribution in [1.29, 1.82) is 0 Å². The molecule has 0 saturated heterocycles. The van der Waals surface area contributed by atoms with Crippen molar-refractivity contribution in [3.05, 3.63) is 115 Å². The quantitative estimate of drug-likeness (QED) is 0.209. The van der Waals surface area contributed by atoms with Gasteiger partial charge in [-0.1, -0.05) is 48.5 Å². The van der Waals surface area contributed by atoms with Gasteiger partial charge in [-0.15, -0.1) is 11.3 Å². The Labute approximate surface area is 230 Å². The molecule has 3 nitrogen and oxygen atoms in total. The fourth-order valence-corrected chi connectivity index (χ4v) is 7.65. The van der Waals surface area contributed by atoms with Crippen molar-refractivity contribution in [2.24, 2.45) is 7.05 Å². The molecule has 4 heteroatoms. The van der Waals surface area contributed by atoms with Crippen molar-refractivity contribution in [3.63, 3.8) is 0 Å². The largest absolute Gasteiger partial charge is 0.294 e. The molecule has 39 heavy (non-hydrogen) atoms. The summed E-state index contributed by atoms with van der Waals surface area (Å²) >= 11 is 1.88. The molecule has 0 N–H and O–H groups in total. The van der Waals surface area contributed by atoms with Crippen LogP contribution < -0.4 is 4.57 Å². The highest BCUT2D eigenvalue weighted by Crippen LogP contribution is 2.42. The number of hydrogen-bond donors (Lipinski definition) is 0. The molecule has 0 radical (unpaired) electrons. The van der Waals surface area contributed by atoms with E-state index in [1.807, 2.05) is 23.6 Å². The number of pyridine rings is 2. The smallest absolute Gasteiger partial charge is 0.230 e. The van der Waals surface area contributed by atoms with Gasteiger partial charge in [0.05, 0.1) is 11.1 Å². The third kappa shape index (κ3) is 3.15. The molecule has 8 rings (SSSR count). The second-order valence-corrected chi connectivity index (χ2v) is 11.5. The zero-order valence-corrected chi connectivity index (χ0v) is 22.9. The van der Waals surface area contributed by atoms with Gasteiger partial charge in [-0.3, -0.25) is 4.57 Å². The lowest BCUT2D eigenvalue weighted by molar-refractivity contribution is -0.659. The van der Waals surface area contributed by atoms with Gasteiger partial charge in [0.25, 0.3) is 0 Å². The number of thiophene rings is 1. The molecule has 0 saturated carbocycles. The average Bonchev–Trinajstić information content (AvgIpc) is 3.50. The predicted molar refractivity (Wildman–Crippen MR) is 165 cm³/mol. The van der Waals surface area contributed by atoms with Crippen molar-refractivity contribution in [2.45, 2.75) is 13.8 Å². The number of aromatic nitrogens is 3. The zero-order chi connectivity index (χ0) is 26.2. The summed E-state index contributed by atoms with van der Waals surface area (Å²) in [5.41, 5.74) is 8.54. The van der Waals surface area contributed by atoms with E-state index in [2.05, 4.69) is 121 Å². The normalized spacial score (nSPS) is 12.0. The van der Waals surface area contributed by atoms with E-state index in [9.17, 15) is 0 Å². The molecular formula is C35H26N3S+. The molecule has 0 aliphatic carbocycles. The first-order chi connectivity index (χ1) is 19.1. The van der Waals surface area contributed by atoms with Crippen LogP contribution in [0.15, 0.2) is 103 Å². The topological polar surface area (TPSA) is 21.7 Å². The van der Waals surface area contributed by atoms with E-state index in [0.29, 0.717) is 0 Å². The predicted octanol–water partition coefficient (Wildman–Crippen LogP) is 8.81. The Kier molecular flexibility index (Phi) is 4.73. The highest BCUT2D eigenvalue weighted by atomic mass is 32.1. The number of fused-ring (bicyclic) bond motifs is 7. The second kappa shape index (κ2) is 8.23. The lowest BCUT2D eigenvalue weighted by atomic mass is 9.93. The summed E-state index contributed by atoms with van der Waals surface area (Å²) in [7, 11) is 2.16. The summed E-state index contributed by atoms with van der Waals surface area (Å²) in [6, 6.07) is 33.0. The summed E-state index contributed by atoms with van der Waals surface area (Å²) in [6.07, 6.45) is 4.09. The summed E-state index contributed by atoms with van der Waals surface area (Å²) in [4.78, 5) is 4.79. The van der Waals surface area contributed by atoms with Crippen LogP contribution in [0.1, 0.15) is 11.1 Å². The Morgan fingerprint density at radius 1 is 0.718 bits per heavy atom. The van der Waals surface area contributed by atoms with E-state index >= 15 is 0 Å². The first kappa shape index (κ1) is 22.4. The number of hydrogen-bond acceptors (Lipinski definition) is 2. The Balaban J connectivity index is 1.41. The molecule has 0 spiro atoms. The zero-order valence-electron chi connectivity index (χ0n) is 22.1. The van der Waals surface area contributed by atoms with Crippen LogP contribution in [0.5, 0.6) is 0 Å². The molecule has 0 aliphatic heterocycles. The SMILES string of the molecule is Cc1cc(-c2c3sc4cc(-n5c6ccccc6c6cccnc65)ccc4c3cc[n+]2C)c(C)c2ccccc12. The van der Waals surface area contributed by atoms with Crippen molar-refractivity contribution < 1.29 is 4.57 Å². The summed E-state index contributed by atoms with van der Waals surface area (Å²) in [5.74, 6) is 0. The molecule has 0 unspecified atom stereocenters. The highest BCUT2D eigenvalue weighted by molar-refractivity contribution is 7.26. The summed E-state index contributed by atoms with van der Waals surface area (Å²) in [6.45, 7) is 4.49. The fraction of sp³-hybridized carbons (Fsp3) is 0.0857. The van der Waals surface area contributed by atoms with Crippen LogP contribution in [-0.4, -0.2) is 9.55 Å². The van der Waals surface area contributed by atoms with Gasteiger partial charge in [-0.05, 0) is 72.1 Å². The maximum Gasteiger partial charge on any atom is 0.230 e. The van der Waals surface area contributed by atoms with Crippen LogP contribution in [0.2, 0.25) is 0 Å². The molecule has 0 bridgehead atoms. The molecule has 0 aliphatic rings. The standard InChI is InChI=1S/C35H26N3S/c1-21-19-30(22(2)25-10-5-4-9-24(21)25)33-34-28(16-18-37(33)3)27-15-14-23(20-32(27)39-34)38-31-13-7-6-11-26(31)29-12-8-17-36-35(29)38/h4-20H,1-3H3/q+1. The van der Waals surface area contributed by atoms with Crippen molar-refractivity contribution >= 4 is 64.2 Å². The minimum absolute atomic E-state index is 0.994. The van der Waals surface area contributed by atoms with Crippen LogP contribution in [-0.2, 0) is 7.05 Å². The molecule has 4 aromatic carbocycles. The third-order valence-corrected chi connectivity index (χ3v) is 9.39. The van der Waals surface area contributed by atoms with Gasteiger partial charge in [0.2, 0.25) is 5.69 Å². The van der Waals surface area contributed by atoms with E-state index in [4.69, 9.17) is 4.98 Å². The van der Waals surface area contributed by atoms with Gasteiger partial charge in [-0.2, -0.15) is 4.57 Å². The van der Waals surface area contributed by atoms with Gasteiger partial charge in [0, 0.05) is 44.2 Å². The molecule has 4 aromatic heterocycles. The maximum absolute atomic E-state index is 4.79. The van der Waals surface area contributed by atoms with Crippen molar-refractivity contribution in [1.82, 2.24) is 9.55 Å². The number of benzene rings is 4. The van der Waals surface area contributed by atoms with Gasteiger partial charge in [-0.25, -0.2) is 4.98 Å². The molecule has 186 valence electrons. The Bertz CT molecular complexity index is 2220. The minimum atomic E-state index is 0.994. The average molecular weight is 521 g/mol. The van der Waals surface area contributed by atoms with Crippen LogP contribution in [0, 0.1) is 13.8 Å². The number of rotatable bonds is 2. The van der Waals surface area contributed by atoms with E-state index < -0.39 is 0 Å². The van der Waals surface area contributed by atoms with Gasteiger partial charge in [0.1, 0.15) is 17.4 Å².